The highest BCUT2D eigenvalue weighted by molar-refractivity contribution is 5.20. The molecule has 1 nitrogen and oxygen atoms in total. The van der Waals surface area contributed by atoms with Crippen LogP contribution < -0.4 is 5.73 Å². The van der Waals surface area contributed by atoms with Crippen LogP contribution in [0.3, 0.4) is 0 Å². The number of halogens is 2. The first-order valence-electron chi connectivity index (χ1n) is 6.76. The van der Waals surface area contributed by atoms with E-state index in [0.29, 0.717) is 18.3 Å². The summed E-state index contributed by atoms with van der Waals surface area (Å²) < 4.78 is 27.1. The van der Waals surface area contributed by atoms with Gasteiger partial charge in [-0.05, 0) is 43.2 Å². The van der Waals surface area contributed by atoms with Crippen LogP contribution in [-0.4, -0.2) is 6.04 Å². The van der Waals surface area contributed by atoms with E-state index in [4.69, 9.17) is 5.73 Å². The van der Waals surface area contributed by atoms with Crippen LogP contribution in [0.1, 0.15) is 38.2 Å². The van der Waals surface area contributed by atoms with Crippen LogP contribution in [0.2, 0.25) is 0 Å². The van der Waals surface area contributed by atoms with Gasteiger partial charge in [-0.25, -0.2) is 8.78 Å². The fourth-order valence-corrected chi connectivity index (χ4v) is 3.00. The van der Waals surface area contributed by atoms with E-state index in [1.54, 1.807) is 0 Å². The molecule has 0 aromatic heterocycles. The summed E-state index contributed by atoms with van der Waals surface area (Å²) in [6.45, 7) is 2.22. The molecule has 0 aliphatic heterocycles. The smallest absolute Gasteiger partial charge is 0.129 e. The van der Waals surface area contributed by atoms with Crippen LogP contribution in [0, 0.1) is 23.5 Å². The Morgan fingerprint density at radius 1 is 1.28 bits per heavy atom. The monoisotopic (exact) mass is 253 g/mol. The van der Waals surface area contributed by atoms with Crippen LogP contribution in [0.25, 0.3) is 0 Å². The van der Waals surface area contributed by atoms with E-state index in [0.717, 1.165) is 12.8 Å². The van der Waals surface area contributed by atoms with Gasteiger partial charge in [-0.2, -0.15) is 0 Å². The van der Waals surface area contributed by atoms with E-state index in [9.17, 15) is 8.78 Å². The molecule has 1 saturated carbocycles. The highest BCUT2D eigenvalue weighted by atomic mass is 19.1. The number of nitrogens with two attached hydrogens (primary N) is 1. The fourth-order valence-electron chi connectivity index (χ4n) is 3.00. The molecule has 3 heteroatoms. The lowest BCUT2D eigenvalue weighted by atomic mass is 9.77. The van der Waals surface area contributed by atoms with Gasteiger partial charge in [0.25, 0.3) is 0 Å². The van der Waals surface area contributed by atoms with Crippen molar-refractivity contribution in [2.24, 2.45) is 17.6 Å². The molecule has 1 aliphatic carbocycles. The van der Waals surface area contributed by atoms with Gasteiger partial charge < -0.3 is 5.73 Å². The maximum atomic E-state index is 13.6. The van der Waals surface area contributed by atoms with Crippen molar-refractivity contribution in [2.45, 2.75) is 45.1 Å². The average molecular weight is 253 g/mol. The van der Waals surface area contributed by atoms with Crippen molar-refractivity contribution in [2.75, 3.05) is 0 Å². The van der Waals surface area contributed by atoms with Gasteiger partial charge in [0.15, 0.2) is 0 Å². The molecule has 1 aliphatic rings. The number of hydrogen-bond acceptors (Lipinski definition) is 1. The zero-order valence-corrected chi connectivity index (χ0v) is 10.8. The highest BCUT2D eigenvalue weighted by Gasteiger charge is 2.25. The van der Waals surface area contributed by atoms with Crippen LogP contribution in [0.5, 0.6) is 0 Å². The Hall–Kier alpha value is -0.960. The molecule has 0 radical (unpaired) electrons. The van der Waals surface area contributed by atoms with Gasteiger partial charge in [-0.3, -0.25) is 0 Å². The zero-order chi connectivity index (χ0) is 13.1. The molecule has 2 rings (SSSR count). The topological polar surface area (TPSA) is 26.0 Å². The molecule has 0 bridgehead atoms. The fraction of sp³-hybridized carbons (Fsp3) is 0.600. The lowest BCUT2D eigenvalue weighted by Gasteiger charge is -2.31. The lowest BCUT2D eigenvalue weighted by Crippen LogP contribution is -2.35. The minimum Gasteiger partial charge on any atom is -0.327 e. The first kappa shape index (κ1) is 13.5. The van der Waals surface area contributed by atoms with E-state index in [1.807, 2.05) is 0 Å². The van der Waals surface area contributed by atoms with Crippen LogP contribution in [-0.2, 0) is 6.42 Å². The Labute approximate surface area is 107 Å². The highest BCUT2D eigenvalue weighted by Crippen LogP contribution is 2.31. The SMILES string of the molecule is CC1CCCC(C(N)Cc2c(F)cccc2F)C1. The molecule has 0 heterocycles. The van der Waals surface area contributed by atoms with Crippen molar-refractivity contribution < 1.29 is 8.78 Å². The van der Waals surface area contributed by atoms with Crippen LogP contribution in [0.15, 0.2) is 18.2 Å². The predicted molar refractivity (Wildman–Crippen MR) is 69.2 cm³/mol. The second-order valence-electron chi connectivity index (χ2n) is 5.60. The molecular weight excluding hydrogens is 232 g/mol. The number of hydrogen-bond donors (Lipinski definition) is 1. The Morgan fingerprint density at radius 2 is 1.94 bits per heavy atom. The third kappa shape index (κ3) is 3.08. The summed E-state index contributed by atoms with van der Waals surface area (Å²) in [6.07, 6.45) is 4.89. The van der Waals surface area contributed by atoms with Crippen molar-refractivity contribution in [3.05, 3.63) is 35.4 Å². The molecule has 100 valence electrons. The second-order valence-corrected chi connectivity index (χ2v) is 5.60. The summed E-state index contributed by atoms with van der Waals surface area (Å²) in [5, 5.41) is 0. The molecular formula is C15H21F2N. The van der Waals surface area contributed by atoms with Gasteiger partial charge in [-0.15, -0.1) is 0 Å². The molecule has 0 saturated heterocycles. The number of rotatable bonds is 3. The van der Waals surface area contributed by atoms with E-state index >= 15 is 0 Å². The summed E-state index contributed by atoms with van der Waals surface area (Å²) in [4.78, 5) is 0. The standard InChI is InChI=1S/C15H21F2N/c1-10-4-2-5-11(8-10)15(18)9-12-13(16)6-3-7-14(12)17/h3,6-7,10-11,15H,2,4-5,8-9,18H2,1H3. The van der Waals surface area contributed by atoms with Crippen molar-refractivity contribution in [1.82, 2.24) is 0 Å². The summed E-state index contributed by atoms with van der Waals surface area (Å²) in [5.74, 6) is 0.122. The average Bonchev–Trinajstić information content (AvgIpc) is 2.34. The Bertz CT molecular complexity index is 385. The van der Waals surface area contributed by atoms with E-state index in [2.05, 4.69) is 6.92 Å². The minimum atomic E-state index is -0.477. The Balaban J connectivity index is 2.04. The molecule has 1 aromatic rings. The minimum absolute atomic E-state index is 0.140. The normalized spacial score (nSPS) is 26.0. The molecule has 1 fully saturated rings. The van der Waals surface area contributed by atoms with Crippen molar-refractivity contribution in [3.8, 4) is 0 Å². The van der Waals surface area contributed by atoms with Gasteiger partial charge >= 0.3 is 0 Å². The molecule has 0 amide bonds. The van der Waals surface area contributed by atoms with Crippen molar-refractivity contribution in [3.63, 3.8) is 0 Å². The molecule has 1 aromatic carbocycles. The molecule has 3 unspecified atom stereocenters. The van der Waals surface area contributed by atoms with E-state index < -0.39 is 11.6 Å². The van der Waals surface area contributed by atoms with Gasteiger partial charge in [0.05, 0.1) is 0 Å². The summed E-state index contributed by atoms with van der Waals surface area (Å²) in [7, 11) is 0. The van der Waals surface area contributed by atoms with E-state index in [-0.39, 0.29) is 11.6 Å². The quantitative estimate of drug-likeness (QED) is 0.874. The second kappa shape index (κ2) is 5.79. The van der Waals surface area contributed by atoms with Crippen molar-refractivity contribution in [1.29, 1.82) is 0 Å². The van der Waals surface area contributed by atoms with E-state index in [1.165, 1.54) is 31.0 Å². The molecule has 2 N–H and O–H groups in total. The molecule has 0 spiro atoms. The Morgan fingerprint density at radius 3 is 2.56 bits per heavy atom. The molecule has 18 heavy (non-hydrogen) atoms. The van der Waals surface area contributed by atoms with Crippen molar-refractivity contribution >= 4 is 0 Å². The van der Waals surface area contributed by atoms with Crippen LogP contribution >= 0.6 is 0 Å². The number of benzene rings is 1. The maximum Gasteiger partial charge on any atom is 0.129 e. The summed E-state index contributed by atoms with van der Waals surface area (Å²) >= 11 is 0. The zero-order valence-electron chi connectivity index (χ0n) is 10.8. The largest absolute Gasteiger partial charge is 0.327 e. The first-order chi connectivity index (χ1) is 8.58. The van der Waals surface area contributed by atoms with Gasteiger partial charge in [0.2, 0.25) is 0 Å². The van der Waals surface area contributed by atoms with Gasteiger partial charge in [0.1, 0.15) is 11.6 Å². The van der Waals surface area contributed by atoms with Gasteiger partial charge in [-0.1, -0.05) is 25.8 Å². The third-order valence-electron chi connectivity index (χ3n) is 4.08. The lowest BCUT2D eigenvalue weighted by molar-refractivity contribution is 0.244. The third-order valence-corrected chi connectivity index (χ3v) is 4.08. The maximum absolute atomic E-state index is 13.6. The summed E-state index contributed by atoms with van der Waals surface area (Å²) in [5.41, 5.74) is 6.29. The van der Waals surface area contributed by atoms with Crippen LogP contribution in [0.4, 0.5) is 8.78 Å². The first-order valence-corrected chi connectivity index (χ1v) is 6.76. The van der Waals surface area contributed by atoms with Gasteiger partial charge in [0, 0.05) is 11.6 Å². The Kier molecular flexibility index (Phi) is 4.33. The molecule has 3 atom stereocenters. The predicted octanol–water partition coefficient (Wildman–Crippen LogP) is 3.66. The summed E-state index contributed by atoms with van der Waals surface area (Å²) in [6, 6.07) is 3.85.